The van der Waals surface area contributed by atoms with Crippen LogP contribution in [-0.2, 0) is 0 Å². The summed E-state index contributed by atoms with van der Waals surface area (Å²) in [5.74, 6) is -0.397. The van der Waals surface area contributed by atoms with E-state index in [4.69, 9.17) is 5.73 Å². The van der Waals surface area contributed by atoms with Crippen molar-refractivity contribution in [3.8, 4) is 11.1 Å². The van der Waals surface area contributed by atoms with Crippen LogP contribution in [0.3, 0.4) is 0 Å². The van der Waals surface area contributed by atoms with Crippen LogP contribution in [0.2, 0.25) is 0 Å². The minimum absolute atomic E-state index is 0.315. The van der Waals surface area contributed by atoms with Gasteiger partial charge >= 0.3 is 0 Å². The fraction of sp³-hybridized carbons (Fsp3) is 0.235. The van der Waals surface area contributed by atoms with E-state index in [9.17, 15) is 4.79 Å². The van der Waals surface area contributed by atoms with E-state index >= 15 is 0 Å². The van der Waals surface area contributed by atoms with E-state index in [0.717, 1.165) is 11.1 Å². The molecule has 0 fully saturated rings. The van der Waals surface area contributed by atoms with Gasteiger partial charge in [-0.05, 0) is 49.8 Å². The standard InChI is InChI=1S/C17H20N2O/c1-12(19(2)3)13-7-6-8-14(11-13)15-9-4-5-10-16(15)17(18)20/h4-12H,1-3H3,(H2,18,20). The molecule has 2 N–H and O–H groups in total. The Hall–Kier alpha value is -2.13. The van der Waals surface area contributed by atoms with Crippen LogP contribution in [0, 0.1) is 0 Å². The van der Waals surface area contributed by atoms with Crippen molar-refractivity contribution < 1.29 is 4.79 Å². The van der Waals surface area contributed by atoms with Crippen molar-refractivity contribution >= 4 is 5.91 Å². The lowest BCUT2D eigenvalue weighted by atomic mass is 9.96. The monoisotopic (exact) mass is 268 g/mol. The minimum atomic E-state index is -0.397. The van der Waals surface area contributed by atoms with E-state index in [1.165, 1.54) is 5.56 Å². The van der Waals surface area contributed by atoms with Gasteiger partial charge in [-0.15, -0.1) is 0 Å². The summed E-state index contributed by atoms with van der Waals surface area (Å²) in [4.78, 5) is 13.7. The van der Waals surface area contributed by atoms with Crippen molar-refractivity contribution in [3.05, 3.63) is 59.7 Å². The number of amides is 1. The Morgan fingerprint density at radius 1 is 1.10 bits per heavy atom. The number of carbonyl (C=O) groups is 1. The van der Waals surface area contributed by atoms with Gasteiger partial charge in [0.15, 0.2) is 0 Å². The molecule has 1 atom stereocenters. The lowest BCUT2D eigenvalue weighted by Gasteiger charge is -2.21. The molecule has 1 amide bonds. The summed E-state index contributed by atoms with van der Waals surface area (Å²) in [6.45, 7) is 2.15. The van der Waals surface area contributed by atoms with Gasteiger partial charge < -0.3 is 10.6 Å². The molecule has 0 aliphatic carbocycles. The fourth-order valence-electron chi connectivity index (χ4n) is 2.21. The molecule has 0 heterocycles. The topological polar surface area (TPSA) is 46.3 Å². The summed E-state index contributed by atoms with van der Waals surface area (Å²) in [6, 6.07) is 16.0. The van der Waals surface area contributed by atoms with Crippen molar-refractivity contribution in [3.63, 3.8) is 0 Å². The third-order valence-corrected chi connectivity index (χ3v) is 3.65. The van der Waals surface area contributed by atoms with Crippen molar-refractivity contribution in [2.24, 2.45) is 5.73 Å². The molecule has 0 saturated heterocycles. The Morgan fingerprint density at radius 3 is 2.45 bits per heavy atom. The van der Waals surface area contributed by atoms with Gasteiger partial charge in [-0.1, -0.05) is 36.4 Å². The maximum atomic E-state index is 11.5. The molecule has 2 aromatic rings. The van der Waals surface area contributed by atoms with Crippen molar-refractivity contribution in [1.29, 1.82) is 0 Å². The van der Waals surface area contributed by atoms with Gasteiger partial charge in [-0.2, -0.15) is 0 Å². The van der Waals surface area contributed by atoms with Crippen molar-refractivity contribution in [1.82, 2.24) is 4.90 Å². The molecule has 3 heteroatoms. The number of rotatable bonds is 4. The van der Waals surface area contributed by atoms with Crippen LogP contribution >= 0.6 is 0 Å². The predicted octanol–water partition coefficient (Wildman–Crippen LogP) is 3.08. The Kier molecular flexibility index (Phi) is 4.20. The molecule has 0 aliphatic heterocycles. The molecule has 0 aromatic heterocycles. The van der Waals surface area contributed by atoms with Gasteiger partial charge in [-0.3, -0.25) is 4.79 Å². The largest absolute Gasteiger partial charge is 0.366 e. The smallest absolute Gasteiger partial charge is 0.249 e. The highest BCUT2D eigenvalue weighted by Crippen LogP contribution is 2.27. The van der Waals surface area contributed by atoms with Crippen LogP contribution in [0.15, 0.2) is 48.5 Å². The van der Waals surface area contributed by atoms with Crippen LogP contribution in [0.5, 0.6) is 0 Å². The van der Waals surface area contributed by atoms with Gasteiger partial charge in [0.05, 0.1) is 0 Å². The first-order valence-corrected chi connectivity index (χ1v) is 6.66. The van der Waals surface area contributed by atoms with Crippen molar-refractivity contribution in [2.75, 3.05) is 14.1 Å². The van der Waals surface area contributed by atoms with Crippen LogP contribution < -0.4 is 5.73 Å². The number of nitrogens with zero attached hydrogens (tertiary/aromatic N) is 1. The number of nitrogens with two attached hydrogens (primary N) is 1. The highest BCUT2D eigenvalue weighted by atomic mass is 16.1. The summed E-state index contributed by atoms with van der Waals surface area (Å²) in [7, 11) is 4.10. The second-order valence-electron chi connectivity index (χ2n) is 5.17. The molecule has 0 saturated carbocycles. The molecular formula is C17H20N2O. The molecule has 0 bridgehead atoms. The third kappa shape index (κ3) is 2.89. The molecule has 0 radical (unpaired) electrons. The van der Waals surface area contributed by atoms with E-state index in [1.54, 1.807) is 6.07 Å². The number of hydrogen-bond acceptors (Lipinski definition) is 2. The van der Waals surface area contributed by atoms with Crippen LogP contribution in [0.1, 0.15) is 28.9 Å². The Balaban J connectivity index is 2.49. The normalized spacial score (nSPS) is 12.4. The zero-order valence-corrected chi connectivity index (χ0v) is 12.1. The van der Waals surface area contributed by atoms with Crippen LogP contribution in [0.25, 0.3) is 11.1 Å². The maximum absolute atomic E-state index is 11.5. The highest BCUT2D eigenvalue weighted by molar-refractivity contribution is 5.99. The lowest BCUT2D eigenvalue weighted by molar-refractivity contribution is 0.100. The van der Waals surface area contributed by atoms with Gasteiger partial charge in [0.2, 0.25) is 5.91 Å². The van der Waals surface area contributed by atoms with E-state index < -0.39 is 5.91 Å². The molecule has 104 valence electrons. The van der Waals surface area contributed by atoms with Gasteiger partial charge in [-0.25, -0.2) is 0 Å². The molecule has 3 nitrogen and oxygen atoms in total. The Bertz CT molecular complexity index is 620. The van der Waals surface area contributed by atoms with Crippen LogP contribution in [-0.4, -0.2) is 24.9 Å². The van der Waals surface area contributed by atoms with Gasteiger partial charge in [0.25, 0.3) is 0 Å². The highest BCUT2D eigenvalue weighted by Gasteiger charge is 2.12. The molecule has 20 heavy (non-hydrogen) atoms. The van der Waals surface area contributed by atoms with E-state index in [0.29, 0.717) is 11.6 Å². The SMILES string of the molecule is CC(c1cccc(-c2ccccc2C(N)=O)c1)N(C)C. The lowest BCUT2D eigenvalue weighted by Crippen LogP contribution is -2.16. The summed E-state index contributed by atoms with van der Waals surface area (Å²) in [5.41, 5.74) is 9.12. The second kappa shape index (κ2) is 5.88. The summed E-state index contributed by atoms with van der Waals surface area (Å²) < 4.78 is 0. The summed E-state index contributed by atoms with van der Waals surface area (Å²) >= 11 is 0. The minimum Gasteiger partial charge on any atom is -0.366 e. The Morgan fingerprint density at radius 2 is 1.80 bits per heavy atom. The van der Waals surface area contributed by atoms with E-state index in [2.05, 4.69) is 38.1 Å². The third-order valence-electron chi connectivity index (χ3n) is 3.65. The zero-order valence-electron chi connectivity index (χ0n) is 12.1. The predicted molar refractivity (Wildman–Crippen MR) is 82.5 cm³/mol. The van der Waals surface area contributed by atoms with Crippen molar-refractivity contribution in [2.45, 2.75) is 13.0 Å². The second-order valence-corrected chi connectivity index (χ2v) is 5.17. The average Bonchev–Trinajstić information content (AvgIpc) is 2.46. The number of carbonyl (C=O) groups excluding carboxylic acids is 1. The molecular weight excluding hydrogens is 248 g/mol. The number of hydrogen-bond donors (Lipinski definition) is 1. The summed E-state index contributed by atoms with van der Waals surface area (Å²) in [6.07, 6.45) is 0. The average molecular weight is 268 g/mol. The van der Waals surface area contributed by atoms with E-state index in [-0.39, 0.29) is 0 Å². The molecule has 2 aromatic carbocycles. The number of benzene rings is 2. The quantitative estimate of drug-likeness (QED) is 0.926. The Labute approximate surface area is 120 Å². The van der Waals surface area contributed by atoms with Gasteiger partial charge in [0, 0.05) is 11.6 Å². The first kappa shape index (κ1) is 14.3. The molecule has 0 aliphatic rings. The number of primary amides is 1. The molecule has 0 spiro atoms. The summed E-state index contributed by atoms with van der Waals surface area (Å²) in [5, 5.41) is 0. The zero-order chi connectivity index (χ0) is 14.7. The first-order valence-electron chi connectivity index (χ1n) is 6.66. The first-order chi connectivity index (χ1) is 9.50. The van der Waals surface area contributed by atoms with E-state index in [1.807, 2.05) is 30.3 Å². The maximum Gasteiger partial charge on any atom is 0.249 e. The van der Waals surface area contributed by atoms with Gasteiger partial charge in [0.1, 0.15) is 0 Å². The fourth-order valence-corrected chi connectivity index (χ4v) is 2.21. The molecule has 2 rings (SSSR count). The molecule has 1 unspecified atom stereocenters. The van der Waals surface area contributed by atoms with Crippen LogP contribution in [0.4, 0.5) is 0 Å².